The molecule has 1 amide bonds. The number of hydrogen-bond acceptors (Lipinski definition) is 4. The Morgan fingerprint density at radius 2 is 1.53 bits per heavy atom. The van der Waals surface area contributed by atoms with Crippen molar-refractivity contribution in [2.45, 2.75) is 13.0 Å². The van der Waals surface area contributed by atoms with Crippen molar-refractivity contribution >= 4 is 28.5 Å². The van der Waals surface area contributed by atoms with Crippen LogP contribution in [0.15, 0.2) is 91.0 Å². The molecule has 148 valence electrons. The monoisotopic (exact) mass is 396 g/mol. The molecule has 0 spiro atoms. The lowest BCUT2D eigenvalue weighted by molar-refractivity contribution is -0.123. The Kier molecular flexibility index (Phi) is 5.52. The molecule has 0 aliphatic rings. The van der Waals surface area contributed by atoms with Crippen LogP contribution in [-0.4, -0.2) is 23.0 Å². The van der Waals surface area contributed by atoms with Crippen LogP contribution >= 0.6 is 0 Å². The third kappa shape index (κ3) is 4.20. The first kappa shape index (κ1) is 19.3. The molecule has 5 nitrogen and oxygen atoms in total. The maximum absolute atomic E-state index is 12.7. The van der Waals surface area contributed by atoms with E-state index in [4.69, 9.17) is 4.74 Å². The van der Waals surface area contributed by atoms with Crippen LogP contribution in [0.2, 0.25) is 0 Å². The number of para-hydroxylation sites is 2. The number of anilines is 1. The smallest absolute Gasteiger partial charge is 0.357 e. The number of rotatable bonds is 5. The molecule has 0 unspecified atom stereocenters. The molecular weight excluding hydrogens is 376 g/mol. The van der Waals surface area contributed by atoms with Crippen molar-refractivity contribution in [2.75, 3.05) is 5.32 Å². The summed E-state index contributed by atoms with van der Waals surface area (Å²) in [5, 5.41) is 3.79. The van der Waals surface area contributed by atoms with E-state index in [1.54, 1.807) is 19.1 Å². The van der Waals surface area contributed by atoms with Crippen LogP contribution in [0, 0.1) is 0 Å². The van der Waals surface area contributed by atoms with E-state index in [9.17, 15) is 9.59 Å². The van der Waals surface area contributed by atoms with Gasteiger partial charge in [-0.1, -0.05) is 72.8 Å². The van der Waals surface area contributed by atoms with E-state index in [2.05, 4.69) is 10.3 Å². The third-order valence-corrected chi connectivity index (χ3v) is 4.73. The molecule has 0 radical (unpaired) electrons. The van der Waals surface area contributed by atoms with E-state index in [0.29, 0.717) is 11.2 Å². The zero-order chi connectivity index (χ0) is 20.9. The van der Waals surface area contributed by atoms with Crippen LogP contribution in [0.3, 0.4) is 0 Å². The van der Waals surface area contributed by atoms with E-state index in [1.807, 2.05) is 78.9 Å². The molecule has 0 aliphatic carbocycles. The van der Waals surface area contributed by atoms with Crippen LogP contribution in [-0.2, 0) is 9.53 Å². The summed E-state index contributed by atoms with van der Waals surface area (Å²) in [4.78, 5) is 29.5. The maximum Gasteiger partial charge on any atom is 0.357 e. The second-order valence-corrected chi connectivity index (χ2v) is 6.84. The molecule has 3 aromatic carbocycles. The molecule has 30 heavy (non-hydrogen) atoms. The minimum absolute atomic E-state index is 0.165. The van der Waals surface area contributed by atoms with Gasteiger partial charge in [-0.3, -0.25) is 4.79 Å². The SMILES string of the molecule is C[C@@H](OC(=O)c1ccc2ccccc2n1)C(=O)Nc1ccccc1-c1ccccc1. The molecular formula is C25H20N2O3. The molecule has 0 saturated carbocycles. The number of carbonyl (C=O) groups excluding carboxylic acids is 2. The van der Waals surface area contributed by atoms with Crippen molar-refractivity contribution in [3.63, 3.8) is 0 Å². The molecule has 1 heterocycles. The Labute approximate surface area is 174 Å². The van der Waals surface area contributed by atoms with Crippen LogP contribution < -0.4 is 5.32 Å². The summed E-state index contributed by atoms with van der Waals surface area (Å²) < 4.78 is 5.35. The molecule has 1 N–H and O–H groups in total. The number of ether oxygens (including phenoxy) is 1. The van der Waals surface area contributed by atoms with Gasteiger partial charge in [-0.15, -0.1) is 0 Å². The minimum Gasteiger partial charge on any atom is -0.448 e. The molecule has 5 heteroatoms. The Morgan fingerprint density at radius 1 is 0.833 bits per heavy atom. The lowest BCUT2D eigenvalue weighted by atomic mass is 10.0. The molecule has 0 bridgehead atoms. The van der Waals surface area contributed by atoms with Gasteiger partial charge in [-0.05, 0) is 30.7 Å². The molecule has 4 rings (SSSR count). The summed E-state index contributed by atoms with van der Waals surface area (Å²) in [5.74, 6) is -1.05. The maximum atomic E-state index is 12.7. The number of nitrogens with zero attached hydrogens (tertiary/aromatic N) is 1. The highest BCUT2D eigenvalue weighted by molar-refractivity contribution is 6.00. The van der Waals surface area contributed by atoms with E-state index in [0.717, 1.165) is 16.5 Å². The zero-order valence-electron chi connectivity index (χ0n) is 16.4. The van der Waals surface area contributed by atoms with Gasteiger partial charge >= 0.3 is 5.97 Å². The molecule has 1 atom stereocenters. The normalized spacial score (nSPS) is 11.6. The third-order valence-electron chi connectivity index (χ3n) is 4.73. The second-order valence-electron chi connectivity index (χ2n) is 6.84. The number of nitrogens with one attached hydrogen (secondary N) is 1. The molecule has 1 aromatic heterocycles. The topological polar surface area (TPSA) is 68.3 Å². The Hall–Kier alpha value is -3.99. The van der Waals surface area contributed by atoms with Crippen molar-refractivity contribution < 1.29 is 14.3 Å². The van der Waals surface area contributed by atoms with Crippen molar-refractivity contribution in [1.29, 1.82) is 0 Å². The number of amides is 1. The zero-order valence-corrected chi connectivity index (χ0v) is 16.4. The highest BCUT2D eigenvalue weighted by atomic mass is 16.5. The van der Waals surface area contributed by atoms with E-state index in [1.165, 1.54) is 0 Å². The average molecular weight is 396 g/mol. The largest absolute Gasteiger partial charge is 0.448 e. The Morgan fingerprint density at radius 3 is 2.37 bits per heavy atom. The predicted molar refractivity (Wildman–Crippen MR) is 117 cm³/mol. The first-order valence-electron chi connectivity index (χ1n) is 9.64. The number of esters is 1. The summed E-state index contributed by atoms with van der Waals surface area (Å²) in [6, 6.07) is 28.2. The van der Waals surface area contributed by atoms with Crippen LogP contribution in [0.25, 0.3) is 22.0 Å². The van der Waals surface area contributed by atoms with Gasteiger partial charge in [0.1, 0.15) is 5.69 Å². The lowest BCUT2D eigenvalue weighted by Gasteiger charge is -2.16. The summed E-state index contributed by atoms with van der Waals surface area (Å²) >= 11 is 0. The summed E-state index contributed by atoms with van der Waals surface area (Å²) in [6.07, 6.45) is -0.977. The van der Waals surface area contributed by atoms with Crippen molar-refractivity contribution in [2.24, 2.45) is 0 Å². The van der Waals surface area contributed by atoms with Gasteiger partial charge in [0.2, 0.25) is 0 Å². The fraction of sp³-hybridized carbons (Fsp3) is 0.0800. The second kappa shape index (κ2) is 8.57. The number of aromatic nitrogens is 1. The molecule has 4 aromatic rings. The number of fused-ring (bicyclic) bond motifs is 1. The van der Waals surface area contributed by atoms with Crippen molar-refractivity contribution in [3.05, 3.63) is 96.7 Å². The van der Waals surface area contributed by atoms with Gasteiger partial charge in [0.05, 0.1) is 5.52 Å². The quantitative estimate of drug-likeness (QED) is 0.477. The van der Waals surface area contributed by atoms with Gasteiger partial charge < -0.3 is 10.1 Å². The number of hydrogen-bond donors (Lipinski definition) is 1. The Bertz CT molecular complexity index is 1210. The number of pyridine rings is 1. The Balaban J connectivity index is 1.47. The molecule has 0 aliphatic heterocycles. The first-order valence-corrected chi connectivity index (χ1v) is 9.64. The average Bonchev–Trinajstić information content (AvgIpc) is 2.79. The first-order chi connectivity index (χ1) is 14.6. The fourth-order valence-electron chi connectivity index (χ4n) is 3.15. The van der Waals surface area contributed by atoms with Crippen LogP contribution in [0.1, 0.15) is 17.4 Å². The highest BCUT2D eigenvalue weighted by Crippen LogP contribution is 2.27. The lowest BCUT2D eigenvalue weighted by Crippen LogP contribution is -2.30. The molecule has 0 saturated heterocycles. The summed E-state index contributed by atoms with van der Waals surface area (Å²) in [6.45, 7) is 1.54. The van der Waals surface area contributed by atoms with Gasteiger partial charge in [0.25, 0.3) is 5.91 Å². The van der Waals surface area contributed by atoms with Crippen LogP contribution in [0.5, 0.6) is 0 Å². The number of benzene rings is 3. The number of carbonyl (C=O) groups is 2. The fourth-order valence-corrected chi connectivity index (χ4v) is 3.15. The summed E-state index contributed by atoms with van der Waals surface area (Å²) in [7, 11) is 0. The van der Waals surface area contributed by atoms with E-state index >= 15 is 0 Å². The van der Waals surface area contributed by atoms with Crippen LogP contribution in [0.4, 0.5) is 5.69 Å². The highest BCUT2D eigenvalue weighted by Gasteiger charge is 2.21. The minimum atomic E-state index is -0.977. The standard InChI is InChI=1S/C25H20N2O3/c1-17(30-25(29)23-16-15-19-11-5-7-13-21(19)26-23)24(28)27-22-14-8-6-12-20(22)18-9-3-2-4-10-18/h2-17H,1H3,(H,27,28)/t17-/m1/s1. The van der Waals surface area contributed by atoms with Gasteiger partial charge in [0, 0.05) is 16.6 Å². The molecule has 0 fully saturated rings. The van der Waals surface area contributed by atoms with Crippen molar-refractivity contribution in [1.82, 2.24) is 4.98 Å². The van der Waals surface area contributed by atoms with Crippen molar-refractivity contribution in [3.8, 4) is 11.1 Å². The van der Waals surface area contributed by atoms with Gasteiger partial charge in [0.15, 0.2) is 6.10 Å². The van der Waals surface area contributed by atoms with E-state index in [-0.39, 0.29) is 5.69 Å². The summed E-state index contributed by atoms with van der Waals surface area (Å²) in [5.41, 5.74) is 3.39. The van der Waals surface area contributed by atoms with Gasteiger partial charge in [-0.2, -0.15) is 0 Å². The van der Waals surface area contributed by atoms with E-state index < -0.39 is 18.0 Å². The van der Waals surface area contributed by atoms with Gasteiger partial charge in [-0.25, -0.2) is 9.78 Å². The predicted octanol–water partition coefficient (Wildman–Crippen LogP) is 5.09.